The van der Waals surface area contributed by atoms with Crippen molar-refractivity contribution in [3.05, 3.63) is 41.3 Å². The molecule has 0 amide bonds. The number of para-hydroxylation sites is 1. The highest BCUT2D eigenvalue weighted by Gasteiger charge is 2.19. The topological polar surface area (TPSA) is 59.6 Å². The largest absolute Gasteiger partial charge is 0.358 e. The van der Waals surface area contributed by atoms with Crippen LogP contribution < -0.4 is 5.73 Å². The van der Waals surface area contributed by atoms with Gasteiger partial charge in [0.2, 0.25) is 0 Å². The zero-order valence-electron chi connectivity index (χ0n) is 11.5. The van der Waals surface area contributed by atoms with E-state index in [1.54, 1.807) is 0 Å². The Morgan fingerprint density at radius 3 is 2.68 bits per heavy atom. The molecule has 0 saturated carbocycles. The van der Waals surface area contributed by atoms with E-state index in [0.29, 0.717) is 6.54 Å². The molecule has 0 aliphatic heterocycles. The number of aryl methyl sites for hydroxylation is 2. The lowest BCUT2D eigenvalue weighted by Gasteiger charge is -2.04. The molecule has 2 heterocycles. The molecule has 98 valence electrons. The van der Waals surface area contributed by atoms with E-state index in [4.69, 9.17) is 5.73 Å². The molecule has 0 radical (unpaired) electrons. The van der Waals surface area contributed by atoms with Crippen molar-refractivity contribution < 1.29 is 0 Å². The molecule has 4 heteroatoms. The number of aromatic amines is 1. The number of hydrogen-bond donors (Lipinski definition) is 2. The normalized spacial score (nSPS) is 11.4. The number of rotatable bonds is 2. The van der Waals surface area contributed by atoms with E-state index < -0.39 is 0 Å². The summed E-state index contributed by atoms with van der Waals surface area (Å²) >= 11 is 0. The number of nitrogens with two attached hydrogens (primary N) is 1. The van der Waals surface area contributed by atoms with Gasteiger partial charge in [0, 0.05) is 47.0 Å². The summed E-state index contributed by atoms with van der Waals surface area (Å²) in [6.45, 7) is 4.64. The zero-order valence-corrected chi connectivity index (χ0v) is 11.5. The average Bonchev–Trinajstić information content (AvgIpc) is 2.87. The lowest BCUT2D eigenvalue weighted by molar-refractivity contribution is 0.721. The molecule has 3 rings (SSSR count). The molecule has 0 fully saturated rings. The van der Waals surface area contributed by atoms with Crippen LogP contribution in [0.25, 0.3) is 22.0 Å². The number of nitrogens with one attached hydrogen (secondary N) is 1. The number of nitrogens with zero attached hydrogens (tertiary/aromatic N) is 2. The van der Waals surface area contributed by atoms with Crippen LogP contribution >= 0.6 is 0 Å². The summed E-state index contributed by atoms with van der Waals surface area (Å²) in [5.41, 5.74) is 12.6. The Hall–Kier alpha value is -2.07. The predicted molar refractivity (Wildman–Crippen MR) is 77.9 cm³/mol. The van der Waals surface area contributed by atoms with Gasteiger partial charge in [0.05, 0.1) is 5.69 Å². The van der Waals surface area contributed by atoms with Crippen molar-refractivity contribution in [3.8, 4) is 11.1 Å². The van der Waals surface area contributed by atoms with Crippen LogP contribution in [0, 0.1) is 13.8 Å². The summed E-state index contributed by atoms with van der Waals surface area (Å²) in [7, 11) is 1.96. The van der Waals surface area contributed by atoms with E-state index in [1.165, 1.54) is 16.5 Å². The van der Waals surface area contributed by atoms with Gasteiger partial charge in [-0.2, -0.15) is 5.10 Å². The molecule has 4 nitrogen and oxygen atoms in total. The molecule has 3 N–H and O–H groups in total. The number of H-pyrrole nitrogens is 1. The zero-order chi connectivity index (χ0) is 13.6. The third-order valence-electron chi connectivity index (χ3n) is 3.74. The van der Waals surface area contributed by atoms with Crippen LogP contribution in [-0.4, -0.2) is 14.8 Å². The minimum atomic E-state index is 0.454. The van der Waals surface area contributed by atoms with Crippen LogP contribution in [0.1, 0.15) is 17.1 Å². The molecular weight excluding hydrogens is 236 g/mol. The third kappa shape index (κ3) is 1.68. The maximum Gasteiger partial charge on any atom is 0.0842 e. The minimum Gasteiger partial charge on any atom is -0.358 e. The molecule has 2 aromatic heterocycles. The molecule has 3 aromatic rings. The molecule has 0 aliphatic rings. The van der Waals surface area contributed by atoms with Crippen molar-refractivity contribution in [2.75, 3.05) is 0 Å². The van der Waals surface area contributed by atoms with Gasteiger partial charge in [0.25, 0.3) is 0 Å². The van der Waals surface area contributed by atoms with E-state index in [1.807, 2.05) is 17.8 Å². The first-order valence-electron chi connectivity index (χ1n) is 6.43. The molecule has 0 saturated heterocycles. The summed E-state index contributed by atoms with van der Waals surface area (Å²) in [6.07, 6.45) is 0. The Balaban J connectivity index is 2.39. The monoisotopic (exact) mass is 254 g/mol. The fourth-order valence-corrected chi connectivity index (χ4v) is 2.74. The third-order valence-corrected chi connectivity index (χ3v) is 3.74. The Morgan fingerprint density at radius 1 is 1.21 bits per heavy atom. The number of benzene rings is 1. The van der Waals surface area contributed by atoms with E-state index >= 15 is 0 Å². The van der Waals surface area contributed by atoms with Crippen LogP contribution in [0.3, 0.4) is 0 Å². The van der Waals surface area contributed by atoms with Gasteiger partial charge in [-0.15, -0.1) is 0 Å². The van der Waals surface area contributed by atoms with E-state index in [-0.39, 0.29) is 0 Å². The van der Waals surface area contributed by atoms with Gasteiger partial charge >= 0.3 is 0 Å². The SMILES string of the molecule is Cc1[nH]c2ccccc2c1-c1c(CN)nn(C)c1C. The fourth-order valence-electron chi connectivity index (χ4n) is 2.74. The van der Waals surface area contributed by atoms with Crippen LogP contribution in [-0.2, 0) is 13.6 Å². The average molecular weight is 254 g/mol. The highest BCUT2D eigenvalue weighted by molar-refractivity contribution is 5.98. The van der Waals surface area contributed by atoms with Crippen molar-refractivity contribution in [2.45, 2.75) is 20.4 Å². The highest BCUT2D eigenvalue weighted by Crippen LogP contribution is 2.35. The lowest BCUT2D eigenvalue weighted by Crippen LogP contribution is -2.00. The molecule has 0 unspecified atom stereocenters. The second-order valence-corrected chi connectivity index (χ2v) is 4.91. The Labute approximate surface area is 112 Å². The van der Waals surface area contributed by atoms with Gasteiger partial charge in [-0.25, -0.2) is 0 Å². The van der Waals surface area contributed by atoms with Gasteiger partial charge in [0.1, 0.15) is 0 Å². The van der Waals surface area contributed by atoms with Gasteiger partial charge in [0.15, 0.2) is 0 Å². The van der Waals surface area contributed by atoms with Crippen LogP contribution in [0.4, 0.5) is 0 Å². The Bertz CT molecular complexity index is 749. The van der Waals surface area contributed by atoms with Gasteiger partial charge in [-0.3, -0.25) is 4.68 Å². The van der Waals surface area contributed by atoms with E-state index in [9.17, 15) is 0 Å². The van der Waals surface area contributed by atoms with Crippen molar-refractivity contribution in [1.82, 2.24) is 14.8 Å². The van der Waals surface area contributed by atoms with E-state index in [2.05, 4.69) is 42.1 Å². The van der Waals surface area contributed by atoms with Gasteiger partial charge in [-0.05, 0) is 19.9 Å². The highest BCUT2D eigenvalue weighted by atomic mass is 15.3. The quantitative estimate of drug-likeness (QED) is 0.738. The van der Waals surface area contributed by atoms with Crippen LogP contribution in [0.15, 0.2) is 24.3 Å². The molecular formula is C15H18N4. The molecule has 0 aliphatic carbocycles. The standard InChI is InChI=1S/C15H18N4/c1-9-14(11-6-4-5-7-12(11)17-9)15-10(2)19(3)18-13(15)8-16/h4-7,17H,8,16H2,1-3H3. The summed E-state index contributed by atoms with van der Waals surface area (Å²) in [5, 5.41) is 5.74. The maximum atomic E-state index is 5.85. The molecule has 19 heavy (non-hydrogen) atoms. The lowest BCUT2D eigenvalue weighted by atomic mass is 10.00. The molecule has 0 bridgehead atoms. The van der Waals surface area contributed by atoms with E-state index in [0.717, 1.165) is 22.6 Å². The van der Waals surface area contributed by atoms with Crippen LogP contribution in [0.2, 0.25) is 0 Å². The first-order valence-corrected chi connectivity index (χ1v) is 6.43. The summed E-state index contributed by atoms with van der Waals surface area (Å²) in [4.78, 5) is 3.44. The summed E-state index contributed by atoms with van der Waals surface area (Å²) < 4.78 is 1.90. The number of hydrogen-bond acceptors (Lipinski definition) is 2. The van der Waals surface area contributed by atoms with Gasteiger partial charge < -0.3 is 10.7 Å². The van der Waals surface area contributed by atoms with Gasteiger partial charge in [-0.1, -0.05) is 18.2 Å². The second kappa shape index (κ2) is 4.24. The summed E-state index contributed by atoms with van der Waals surface area (Å²) in [5.74, 6) is 0. The Kier molecular flexibility index (Phi) is 2.68. The second-order valence-electron chi connectivity index (χ2n) is 4.91. The Morgan fingerprint density at radius 2 is 1.95 bits per heavy atom. The van der Waals surface area contributed by atoms with Crippen molar-refractivity contribution in [3.63, 3.8) is 0 Å². The first kappa shape index (κ1) is 12.0. The summed E-state index contributed by atoms with van der Waals surface area (Å²) in [6, 6.07) is 8.34. The fraction of sp³-hybridized carbons (Fsp3) is 0.267. The molecule has 1 aromatic carbocycles. The number of aromatic nitrogens is 3. The van der Waals surface area contributed by atoms with Crippen molar-refractivity contribution >= 4 is 10.9 Å². The van der Waals surface area contributed by atoms with Crippen LogP contribution in [0.5, 0.6) is 0 Å². The number of fused-ring (bicyclic) bond motifs is 1. The maximum absolute atomic E-state index is 5.85. The van der Waals surface area contributed by atoms with Crippen molar-refractivity contribution in [1.29, 1.82) is 0 Å². The molecule has 0 atom stereocenters. The smallest absolute Gasteiger partial charge is 0.0842 e. The molecule has 0 spiro atoms. The first-order chi connectivity index (χ1) is 9.13. The minimum absolute atomic E-state index is 0.454. The predicted octanol–water partition coefficient (Wildman–Crippen LogP) is 2.64. The van der Waals surface area contributed by atoms with Crippen molar-refractivity contribution in [2.24, 2.45) is 12.8 Å².